The van der Waals surface area contributed by atoms with E-state index in [1.807, 2.05) is 0 Å². The number of likely N-dealkylation sites (N-methyl/N-ethyl adjacent to an activating group) is 1. The second-order valence-electron chi connectivity index (χ2n) is 4.49. The van der Waals surface area contributed by atoms with Gasteiger partial charge < -0.3 is 9.64 Å². The number of benzene rings is 2. The SMILES string of the molecule is [2H]c1c([2H])c([2H])c(C([2H])(OCC([2H])([2H])N(C)C)c2ccccc2C)c([2H])c1[2H]. The van der Waals surface area contributed by atoms with E-state index < -0.39 is 49.4 Å². The Balaban J connectivity index is 2.76. The van der Waals surface area contributed by atoms with E-state index in [1.165, 1.54) is 19.0 Å². The van der Waals surface area contributed by atoms with Gasteiger partial charge in [-0.3, -0.25) is 0 Å². The van der Waals surface area contributed by atoms with Crippen LogP contribution in [0.5, 0.6) is 0 Å². The van der Waals surface area contributed by atoms with Crippen LogP contribution < -0.4 is 0 Å². The second kappa shape index (κ2) is 7.22. The minimum Gasteiger partial charge on any atom is -0.367 e. The Labute approximate surface area is 133 Å². The van der Waals surface area contributed by atoms with Crippen molar-refractivity contribution in [3.8, 4) is 0 Å². The fraction of sp³-hybridized carbons (Fsp3) is 0.333. The summed E-state index contributed by atoms with van der Waals surface area (Å²) in [6.45, 7) is -0.750. The van der Waals surface area contributed by atoms with Crippen LogP contribution in [0.4, 0.5) is 0 Å². The molecule has 0 saturated heterocycles. The third-order valence-electron chi connectivity index (χ3n) is 2.71. The van der Waals surface area contributed by atoms with Gasteiger partial charge in [0.25, 0.3) is 0 Å². The molecule has 0 aliphatic rings. The minimum absolute atomic E-state index is 0.281. The van der Waals surface area contributed by atoms with E-state index in [-0.39, 0.29) is 11.1 Å². The predicted octanol–water partition coefficient (Wildman–Crippen LogP) is 3.66. The molecule has 0 aliphatic carbocycles. The zero-order valence-corrected chi connectivity index (χ0v) is 11.9. The molecule has 0 N–H and O–H groups in total. The lowest BCUT2D eigenvalue weighted by Crippen LogP contribution is -2.20. The fourth-order valence-corrected chi connectivity index (χ4v) is 1.71. The second-order valence-corrected chi connectivity index (χ2v) is 4.49. The van der Waals surface area contributed by atoms with Crippen LogP contribution in [0.25, 0.3) is 0 Å². The summed E-state index contributed by atoms with van der Waals surface area (Å²) in [6, 6.07) is 3.91. The van der Waals surface area contributed by atoms with E-state index >= 15 is 0 Å². The minimum atomic E-state index is -2.19. The standard InChI is InChI=1S/C18H23NO/c1-15-9-7-8-12-17(15)18(20-14-13-19(2)3)16-10-5-4-6-11-16/h4-12,18H,13-14H2,1-3H3/i4D,5D,6D,10D,11D,13D2,18D. The van der Waals surface area contributed by atoms with Crippen LogP contribution in [0.15, 0.2) is 54.5 Å². The quantitative estimate of drug-likeness (QED) is 0.799. The largest absolute Gasteiger partial charge is 0.367 e. The van der Waals surface area contributed by atoms with Crippen molar-refractivity contribution in [2.45, 2.75) is 13.0 Å². The summed E-state index contributed by atoms with van der Waals surface area (Å²) >= 11 is 0. The molecule has 20 heavy (non-hydrogen) atoms. The summed E-state index contributed by atoms with van der Waals surface area (Å²) in [5.41, 5.74) is 0.556. The van der Waals surface area contributed by atoms with Gasteiger partial charge in [-0.25, -0.2) is 0 Å². The molecule has 0 saturated carbocycles. The van der Waals surface area contributed by atoms with Gasteiger partial charge in [0.15, 0.2) is 0 Å². The van der Waals surface area contributed by atoms with Gasteiger partial charge >= 0.3 is 0 Å². The summed E-state index contributed by atoms with van der Waals surface area (Å²) in [6.07, 6.45) is -2.19. The topological polar surface area (TPSA) is 12.5 Å². The first-order valence-electron chi connectivity index (χ1n) is 10.3. The van der Waals surface area contributed by atoms with Crippen molar-refractivity contribution in [2.24, 2.45) is 0 Å². The van der Waals surface area contributed by atoms with E-state index in [0.29, 0.717) is 5.56 Å². The van der Waals surface area contributed by atoms with Crippen LogP contribution in [-0.2, 0) is 4.74 Å². The molecule has 106 valence electrons. The first-order chi connectivity index (χ1) is 12.8. The summed E-state index contributed by atoms with van der Waals surface area (Å²) in [5.74, 6) is 0. The number of hydrogen-bond acceptors (Lipinski definition) is 2. The Morgan fingerprint density at radius 2 is 1.95 bits per heavy atom. The first kappa shape index (κ1) is 7.39. The summed E-state index contributed by atoms with van der Waals surface area (Å²) < 4.78 is 71.0. The lowest BCUT2D eigenvalue weighted by atomic mass is 9.97. The van der Waals surface area contributed by atoms with Crippen molar-refractivity contribution in [1.29, 1.82) is 0 Å². The van der Waals surface area contributed by atoms with E-state index in [0.717, 1.165) is 0 Å². The third-order valence-corrected chi connectivity index (χ3v) is 2.71. The smallest absolute Gasteiger partial charge is 0.108 e. The molecule has 2 rings (SSSR count). The lowest BCUT2D eigenvalue weighted by molar-refractivity contribution is 0.0683. The molecule has 2 aromatic carbocycles. The number of hydrogen-bond donors (Lipinski definition) is 0. The lowest BCUT2D eigenvalue weighted by Gasteiger charge is -2.22. The van der Waals surface area contributed by atoms with Gasteiger partial charge in [-0.1, -0.05) is 54.5 Å². The molecule has 0 heterocycles. The number of ether oxygens (including phenoxy) is 1. The number of aryl methyl sites for hydroxylation is 1. The van der Waals surface area contributed by atoms with Gasteiger partial charge in [0, 0.05) is 9.24 Å². The average Bonchev–Trinajstić information content (AvgIpc) is 2.63. The van der Waals surface area contributed by atoms with Crippen LogP contribution in [0.1, 0.15) is 33.7 Å². The normalized spacial score (nSPS) is 20.6. The Morgan fingerprint density at radius 3 is 2.60 bits per heavy atom. The fourth-order valence-electron chi connectivity index (χ4n) is 1.71. The molecule has 2 aromatic rings. The van der Waals surface area contributed by atoms with E-state index in [2.05, 4.69) is 0 Å². The van der Waals surface area contributed by atoms with Crippen molar-refractivity contribution < 1.29 is 15.7 Å². The van der Waals surface area contributed by atoms with Crippen LogP contribution in [0.2, 0.25) is 0 Å². The van der Waals surface area contributed by atoms with Crippen LogP contribution in [0, 0.1) is 6.92 Å². The molecular formula is C18H23NO. The molecule has 2 heteroatoms. The van der Waals surface area contributed by atoms with Crippen LogP contribution >= 0.6 is 0 Å². The molecule has 1 atom stereocenters. The molecule has 1 unspecified atom stereocenters. The van der Waals surface area contributed by atoms with Gasteiger partial charge in [0.05, 0.1) is 14.8 Å². The molecule has 2 nitrogen and oxygen atoms in total. The Morgan fingerprint density at radius 1 is 1.25 bits per heavy atom. The summed E-state index contributed by atoms with van der Waals surface area (Å²) in [4.78, 5) is 1.28. The highest BCUT2D eigenvalue weighted by Gasteiger charge is 2.16. The van der Waals surface area contributed by atoms with Crippen LogP contribution in [0.3, 0.4) is 0 Å². The summed E-state index contributed by atoms with van der Waals surface area (Å²) in [5, 5.41) is 0. The molecule has 0 fully saturated rings. The zero-order chi connectivity index (χ0) is 21.4. The van der Waals surface area contributed by atoms with Crippen molar-refractivity contribution >= 4 is 0 Å². The van der Waals surface area contributed by atoms with Gasteiger partial charge in [-0.2, -0.15) is 0 Å². The van der Waals surface area contributed by atoms with Gasteiger partial charge in [0.1, 0.15) is 6.08 Å². The monoisotopic (exact) mass is 277 g/mol. The molecular weight excluding hydrogens is 246 g/mol. The van der Waals surface area contributed by atoms with Gasteiger partial charge in [-0.05, 0) is 37.7 Å². The highest BCUT2D eigenvalue weighted by Crippen LogP contribution is 2.28. The highest BCUT2D eigenvalue weighted by molar-refractivity contribution is 5.35. The third kappa shape index (κ3) is 3.92. The summed E-state index contributed by atoms with van der Waals surface area (Å²) in [7, 11) is 3.04. The zero-order valence-electron chi connectivity index (χ0n) is 19.9. The average molecular weight is 277 g/mol. The van der Waals surface area contributed by atoms with Crippen LogP contribution in [-0.4, -0.2) is 32.1 Å². The van der Waals surface area contributed by atoms with Crippen molar-refractivity contribution in [2.75, 3.05) is 27.2 Å². The van der Waals surface area contributed by atoms with Gasteiger partial charge in [0.2, 0.25) is 0 Å². The Hall–Kier alpha value is -1.64. The number of rotatable bonds is 6. The molecule has 0 radical (unpaired) electrons. The molecule has 0 spiro atoms. The predicted molar refractivity (Wildman–Crippen MR) is 84.0 cm³/mol. The Kier molecular flexibility index (Phi) is 2.67. The first-order valence-corrected chi connectivity index (χ1v) is 6.29. The van der Waals surface area contributed by atoms with E-state index in [4.69, 9.17) is 15.7 Å². The maximum Gasteiger partial charge on any atom is 0.108 e. The molecule has 0 aliphatic heterocycles. The van der Waals surface area contributed by atoms with E-state index in [9.17, 15) is 0 Å². The van der Waals surface area contributed by atoms with Gasteiger partial charge in [-0.15, -0.1) is 0 Å². The molecule has 0 bridgehead atoms. The van der Waals surface area contributed by atoms with Crippen molar-refractivity contribution in [1.82, 2.24) is 4.90 Å². The highest BCUT2D eigenvalue weighted by atomic mass is 16.5. The Bertz CT molecular complexity index is 857. The molecule has 0 aromatic heterocycles. The number of nitrogens with zero attached hydrogens (tertiary/aromatic N) is 1. The maximum atomic E-state index is 9.03. The maximum absolute atomic E-state index is 9.03. The van der Waals surface area contributed by atoms with E-state index in [1.54, 1.807) is 31.2 Å². The molecule has 0 amide bonds. The van der Waals surface area contributed by atoms with Crippen molar-refractivity contribution in [3.05, 3.63) is 71.2 Å². The van der Waals surface area contributed by atoms with Crippen molar-refractivity contribution in [3.63, 3.8) is 0 Å².